The third-order valence-electron chi connectivity index (χ3n) is 1.44. The van der Waals surface area contributed by atoms with E-state index in [-0.39, 0.29) is 0 Å². The van der Waals surface area contributed by atoms with Gasteiger partial charge in [-0.25, -0.2) is 0 Å². The maximum Gasteiger partial charge on any atom is 0.132 e. The summed E-state index contributed by atoms with van der Waals surface area (Å²) in [7, 11) is 0. The predicted octanol–water partition coefficient (Wildman–Crippen LogP) is 0.883. The van der Waals surface area contributed by atoms with Crippen molar-refractivity contribution in [3.05, 3.63) is 17.5 Å². The highest BCUT2D eigenvalue weighted by Crippen LogP contribution is 2.02. The van der Waals surface area contributed by atoms with E-state index in [9.17, 15) is 0 Å². The van der Waals surface area contributed by atoms with Gasteiger partial charge < -0.3 is 0 Å². The summed E-state index contributed by atoms with van der Waals surface area (Å²) >= 11 is 0. The van der Waals surface area contributed by atoms with Gasteiger partial charge in [0.25, 0.3) is 0 Å². The van der Waals surface area contributed by atoms with Crippen LogP contribution in [0, 0.1) is 24.5 Å². The van der Waals surface area contributed by atoms with Crippen LogP contribution in [0.15, 0.2) is 0 Å². The largest absolute Gasteiger partial charge is 0.268 e. The quantitative estimate of drug-likeness (QED) is 0.572. The molecule has 0 aliphatic rings. The summed E-state index contributed by atoms with van der Waals surface area (Å²) in [5, 5.41) is 12.4. The van der Waals surface area contributed by atoms with Gasteiger partial charge >= 0.3 is 0 Å². The molecule has 1 heterocycles. The van der Waals surface area contributed by atoms with Crippen molar-refractivity contribution in [2.24, 2.45) is 0 Å². The molecule has 0 aliphatic carbocycles. The van der Waals surface area contributed by atoms with Gasteiger partial charge in [-0.05, 0) is 13.8 Å². The SMILES string of the molecule is CCn1n[c]c(C#N)c1C. The predicted molar refractivity (Wildman–Crippen MR) is 36.2 cm³/mol. The van der Waals surface area contributed by atoms with E-state index in [0.717, 1.165) is 12.2 Å². The summed E-state index contributed by atoms with van der Waals surface area (Å²) in [6.45, 7) is 4.64. The van der Waals surface area contributed by atoms with Crippen molar-refractivity contribution in [1.82, 2.24) is 9.78 Å². The molecule has 0 amide bonds. The molecule has 1 aromatic rings. The number of aromatic nitrogens is 2. The Hall–Kier alpha value is -1.30. The molecule has 0 unspecified atom stereocenters. The molecule has 0 saturated carbocycles. The van der Waals surface area contributed by atoms with Gasteiger partial charge in [-0.3, -0.25) is 4.68 Å². The number of rotatable bonds is 1. The second-order valence-electron chi connectivity index (χ2n) is 2.00. The number of hydrogen-bond donors (Lipinski definition) is 0. The molecule has 1 rings (SSSR count). The van der Waals surface area contributed by atoms with Gasteiger partial charge in [-0.15, -0.1) is 0 Å². The van der Waals surface area contributed by atoms with Gasteiger partial charge in [-0.2, -0.15) is 10.4 Å². The molecule has 0 fully saturated rings. The lowest BCUT2D eigenvalue weighted by molar-refractivity contribution is 0.638. The van der Waals surface area contributed by atoms with Crippen LogP contribution in [-0.4, -0.2) is 9.78 Å². The summed E-state index contributed by atoms with van der Waals surface area (Å²) < 4.78 is 1.75. The van der Waals surface area contributed by atoms with Crippen LogP contribution in [0.3, 0.4) is 0 Å². The Morgan fingerprint density at radius 1 is 1.80 bits per heavy atom. The Labute approximate surface area is 59.9 Å². The Balaban J connectivity index is 3.12. The van der Waals surface area contributed by atoms with Crippen molar-refractivity contribution in [2.75, 3.05) is 0 Å². The standard InChI is InChI=1S/C7H8N3/c1-3-10-6(2)7(4-8)5-9-10/h3H2,1-2H3. The van der Waals surface area contributed by atoms with Gasteiger partial charge in [0.2, 0.25) is 0 Å². The molecule has 0 atom stereocenters. The fourth-order valence-corrected chi connectivity index (χ4v) is 0.809. The molecule has 1 radical (unpaired) electrons. The average Bonchev–Trinajstić information content (AvgIpc) is 2.30. The lowest BCUT2D eigenvalue weighted by Crippen LogP contribution is -1.98. The highest BCUT2D eigenvalue weighted by atomic mass is 15.3. The zero-order valence-electron chi connectivity index (χ0n) is 6.05. The van der Waals surface area contributed by atoms with E-state index in [4.69, 9.17) is 5.26 Å². The van der Waals surface area contributed by atoms with E-state index in [1.165, 1.54) is 0 Å². The summed E-state index contributed by atoms with van der Waals surface area (Å²) in [4.78, 5) is 0. The molecule has 0 bridgehead atoms. The molecule has 0 saturated heterocycles. The molecule has 0 spiro atoms. The van der Waals surface area contributed by atoms with E-state index in [0.29, 0.717) is 5.56 Å². The lowest BCUT2D eigenvalue weighted by atomic mass is 10.3. The fourth-order valence-electron chi connectivity index (χ4n) is 0.809. The third kappa shape index (κ3) is 0.883. The van der Waals surface area contributed by atoms with Crippen LogP contribution in [0.1, 0.15) is 18.2 Å². The maximum absolute atomic E-state index is 8.49. The first-order chi connectivity index (χ1) is 4.79. The molecule has 1 aromatic heterocycles. The second-order valence-corrected chi connectivity index (χ2v) is 2.00. The lowest BCUT2D eigenvalue weighted by Gasteiger charge is -1.95. The highest BCUT2D eigenvalue weighted by Gasteiger charge is 2.02. The molecule has 3 nitrogen and oxygen atoms in total. The first-order valence-corrected chi connectivity index (χ1v) is 3.14. The zero-order chi connectivity index (χ0) is 7.56. The molecule has 10 heavy (non-hydrogen) atoms. The highest BCUT2D eigenvalue weighted by molar-refractivity contribution is 5.28. The second kappa shape index (κ2) is 2.53. The van der Waals surface area contributed by atoms with Crippen molar-refractivity contribution in [3.8, 4) is 6.07 Å². The normalized spacial score (nSPS) is 9.30. The van der Waals surface area contributed by atoms with Crippen LogP contribution in [0.4, 0.5) is 0 Å². The van der Waals surface area contributed by atoms with Crippen molar-refractivity contribution in [2.45, 2.75) is 20.4 Å². The minimum atomic E-state index is 0.543. The summed E-state index contributed by atoms with van der Waals surface area (Å²) in [6, 6.07) is 2.01. The third-order valence-corrected chi connectivity index (χ3v) is 1.44. The smallest absolute Gasteiger partial charge is 0.132 e. The van der Waals surface area contributed by atoms with Crippen LogP contribution in [-0.2, 0) is 6.54 Å². The van der Waals surface area contributed by atoms with E-state index in [2.05, 4.69) is 11.3 Å². The molecule has 0 aromatic carbocycles. The number of hydrogen-bond acceptors (Lipinski definition) is 2. The van der Waals surface area contributed by atoms with Gasteiger partial charge in [0, 0.05) is 6.54 Å². The van der Waals surface area contributed by atoms with E-state index in [1.807, 2.05) is 19.9 Å². The van der Waals surface area contributed by atoms with E-state index < -0.39 is 0 Å². The Morgan fingerprint density at radius 2 is 2.50 bits per heavy atom. The van der Waals surface area contributed by atoms with Crippen molar-refractivity contribution < 1.29 is 0 Å². The van der Waals surface area contributed by atoms with Crippen LogP contribution in [0.2, 0.25) is 0 Å². The Kier molecular flexibility index (Phi) is 1.72. The maximum atomic E-state index is 8.49. The van der Waals surface area contributed by atoms with Crippen LogP contribution < -0.4 is 0 Å². The monoisotopic (exact) mass is 134 g/mol. The summed E-state index contributed by atoms with van der Waals surface area (Å²) in [5.41, 5.74) is 1.44. The van der Waals surface area contributed by atoms with Gasteiger partial charge in [-0.1, -0.05) is 0 Å². The number of aryl methyl sites for hydroxylation is 1. The van der Waals surface area contributed by atoms with Gasteiger partial charge in [0.05, 0.1) is 5.69 Å². The van der Waals surface area contributed by atoms with Crippen molar-refractivity contribution in [3.63, 3.8) is 0 Å². The fraction of sp³-hybridized carbons (Fsp3) is 0.429. The van der Waals surface area contributed by atoms with Gasteiger partial charge in [0.1, 0.15) is 17.8 Å². The topological polar surface area (TPSA) is 41.6 Å². The van der Waals surface area contributed by atoms with Crippen LogP contribution >= 0.6 is 0 Å². The number of nitrogens with zero attached hydrogens (tertiary/aromatic N) is 3. The molecule has 0 N–H and O–H groups in total. The Morgan fingerprint density at radius 3 is 2.80 bits per heavy atom. The molecule has 0 aliphatic heterocycles. The van der Waals surface area contributed by atoms with E-state index in [1.54, 1.807) is 4.68 Å². The molecule has 3 heteroatoms. The number of nitriles is 1. The zero-order valence-corrected chi connectivity index (χ0v) is 6.05. The van der Waals surface area contributed by atoms with Crippen molar-refractivity contribution >= 4 is 0 Å². The molecule has 51 valence electrons. The van der Waals surface area contributed by atoms with Crippen LogP contribution in [0.5, 0.6) is 0 Å². The van der Waals surface area contributed by atoms with Crippen LogP contribution in [0.25, 0.3) is 0 Å². The first-order valence-electron chi connectivity index (χ1n) is 3.14. The van der Waals surface area contributed by atoms with Crippen molar-refractivity contribution in [1.29, 1.82) is 5.26 Å². The summed E-state index contributed by atoms with van der Waals surface area (Å²) in [5.74, 6) is 0. The summed E-state index contributed by atoms with van der Waals surface area (Å²) in [6.07, 6.45) is 2.63. The Bertz CT molecular complexity index is 267. The molecular formula is C7H8N3. The average molecular weight is 134 g/mol. The van der Waals surface area contributed by atoms with Gasteiger partial charge in [0.15, 0.2) is 0 Å². The van der Waals surface area contributed by atoms with E-state index >= 15 is 0 Å². The minimum Gasteiger partial charge on any atom is -0.268 e. The first kappa shape index (κ1) is 6.81. The molecular weight excluding hydrogens is 126 g/mol. The minimum absolute atomic E-state index is 0.543.